The fourth-order valence-electron chi connectivity index (χ4n) is 5.71. The number of alkyl halides is 3. The number of hydrogen-bond acceptors (Lipinski definition) is 6. The summed E-state index contributed by atoms with van der Waals surface area (Å²) in [5, 5.41) is 11.5. The van der Waals surface area contributed by atoms with Crippen LogP contribution in [0.15, 0.2) is 49.1 Å². The Morgan fingerprint density at radius 2 is 1.88 bits per heavy atom. The quantitative estimate of drug-likeness (QED) is 0.586. The van der Waals surface area contributed by atoms with E-state index in [1.807, 2.05) is 17.0 Å². The smallest absolute Gasteiger partial charge is 0.364 e. The molecule has 0 bridgehead atoms. The first kappa shape index (κ1) is 22.3. The van der Waals surface area contributed by atoms with Crippen LogP contribution in [0.3, 0.4) is 0 Å². The molecule has 1 aromatic carbocycles. The maximum Gasteiger partial charge on any atom is 0.434 e. The van der Waals surface area contributed by atoms with Crippen LogP contribution in [0.25, 0.3) is 5.69 Å². The first-order chi connectivity index (χ1) is 16.3. The van der Waals surface area contributed by atoms with E-state index >= 15 is 0 Å². The molecular weight excluding hydrogens is 447 g/mol. The van der Waals surface area contributed by atoms with Crippen LogP contribution in [0.2, 0.25) is 0 Å². The number of benzene rings is 1. The number of para-hydroxylation sites is 1. The van der Waals surface area contributed by atoms with Crippen LogP contribution in [0.4, 0.5) is 19.0 Å². The van der Waals surface area contributed by atoms with Crippen LogP contribution in [0.5, 0.6) is 0 Å². The number of carbonyl (C=O) groups is 1. The first-order valence-corrected chi connectivity index (χ1v) is 11.2. The number of nitrogens with one attached hydrogen (secondary N) is 1. The molecule has 2 fully saturated rings. The van der Waals surface area contributed by atoms with Gasteiger partial charge in [-0.1, -0.05) is 26.0 Å². The molecule has 8 nitrogen and oxygen atoms in total. The van der Waals surface area contributed by atoms with Crippen molar-refractivity contribution in [1.29, 1.82) is 0 Å². The first-order valence-electron chi connectivity index (χ1n) is 11.2. The van der Waals surface area contributed by atoms with Crippen molar-refractivity contribution in [3.63, 3.8) is 0 Å². The highest BCUT2D eigenvalue weighted by atomic mass is 19.4. The third-order valence-electron chi connectivity index (χ3n) is 7.19. The zero-order chi connectivity index (χ0) is 24.1. The number of hydrogen-bond donors (Lipinski definition) is 1. The van der Waals surface area contributed by atoms with E-state index in [0.29, 0.717) is 11.3 Å². The molecule has 2 aromatic heterocycles. The van der Waals surface area contributed by atoms with E-state index in [9.17, 15) is 18.0 Å². The van der Waals surface area contributed by atoms with Gasteiger partial charge in [-0.15, -0.1) is 0 Å². The van der Waals surface area contributed by atoms with Gasteiger partial charge in [0.15, 0.2) is 5.69 Å². The highest BCUT2D eigenvalue weighted by Gasteiger charge is 2.70. The molecule has 1 saturated carbocycles. The molecule has 1 N–H and O–H groups in total. The lowest BCUT2D eigenvalue weighted by Crippen LogP contribution is -2.84. The van der Waals surface area contributed by atoms with Crippen molar-refractivity contribution in [3.05, 3.63) is 60.3 Å². The van der Waals surface area contributed by atoms with Gasteiger partial charge in [0.1, 0.15) is 5.82 Å². The van der Waals surface area contributed by atoms with Gasteiger partial charge in [0.2, 0.25) is 0 Å². The second-order valence-corrected chi connectivity index (χ2v) is 8.74. The monoisotopic (exact) mass is 471 g/mol. The Kier molecular flexibility index (Phi) is 5.29. The molecule has 1 aliphatic heterocycles. The summed E-state index contributed by atoms with van der Waals surface area (Å²) < 4.78 is 38.5. The predicted molar refractivity (Wildman–Crippen MR) is 117 cm³/mol. The van der Waals surface area contributed by atoms with E-state index in [1.54, 1.807) is 24.5 Å². The van der Waals surface area contributed by atoms with Gasteiger partial charge >= 0.3 is 6.18 Å². The summed E-state index contributed by atoms with van der Waals surface area (Å²) in [5.74, 6) is 0.148. The average molecular weight is 471 g/mol. The Morgan fingerprint density at radius 1 is 1.15 bits per heavy atom. The standard InChI is InChI=1S/C23H24F3N7O/c1-3-18-22(4-2)11-15(31-19-13-27-17(12-28-19)23(24,25)26)20(22)32(18)21(34)14-7-5-6-8-16(14)33-29-9-10-30-33/h5-10,12-13,15,18,20H,3-4,11H2,1-2H3,(H,28,31). The molecule has 5 rings (SSSR count). The summed E-state index contributed by atoms with van der Waals surface area (Å²) in [5.41, 5.74) is 0.0332. The van der Waals surface area contributed by atoms with E-state index in [0.717, 1.165) is 31.7 Å². The van der Waals surface area contributed by atoms with E-state index < -0.39 is 11.9 Å². The van der Waals surface area contributed by atoms with Crippen molar-refractivity contribution in [3.8, 4) is 5.69 Å². The zero-order valence-electron chi connectivity index (χ0n) is 18.7. The fraction of sp³-hybridized carbons (Fsp3) is 0.435. The van der Waals surface area contributed by atoms with Gasteiger partial charge in [-0.2, -0.15) is 28.2 Å². The minimum absolute atomic E-state index is 0.0275. The molecule has 0 radical (unpaired) electrons. The van der Waals surface area contributed by atoms with Gasteiger partial charge in [-0.05, 0) is 31.4 Å². The third-order valence-corrected chi connectivity index (χ3v) is 7.19. The summed E-state index contributed by atoms with van der Waals surface area (Å²) in [6.07, 6.45) is 2.90. The Morgan fingerprint density at radius 3 is 2.50 bits per heavy atom. The Hall–Kier alpha value is -3.50. The van der Waals surface area contributed by atoms with Crippen molar-refractivity contribution in [2.75, 3.05) is 5.32 Å². The minimum atomic E-state index is -4.54. The van der Waals surface area contributed by atoms with Crippen molar-refractivity contribution in [2.45, 2.75) is 57.4 Å². The number of halogens is 3. The Bertz CT molecular complexity index is 1180. The second-order valence-electron chi connectivity index (χ2n) is 8.74. The molecule has 3 aromatic rings. The number of nitrogens with zero attached hydrogens (tertiary/aromatic N) is 6. The molecule has 4 unspecified atom stereocenters. The number of fused-ring (bicyclic) bond motifs is 1. The minimum Gasteiger partial charge on any atom is -0.364 e. The van der Waals surface area contributed by atoms with Crippen LogP contribution in [0.1, 0.15) is 49.2 Å². The van der Waals surface area contributed by atoms with Crippen LogP contribution >= 0.6 is 0 Å². The van der Waals surface area contributed by atoms with E-state index in [2.05, 4.69) is 39.3 Å². The van der Waals surface area contributed by atoms with Gasteiger partial charge in [-0.3, -0.25) is 4.79 Å². The molecule has 3 heterocycles. The molecule has 1 saturated heterocycles. The topological polar surface area (TPSA) is 88.8 Å². The number of anilines is 1. The normalized spacial score (nSPS) is 25.8. The number of aromatic nitrogens is 5. The lowest BCUT2D eigenvalue weighted by Gasteiger charge is -2.73. The van der Waals surface area contributed by atoms with Crippen LogP contribution in [-0.4, -0.2) is 53.9 Å². The summed E-state index contributed by atoms with van der Waals surface area (Å²) in [6, 6.07) is 7.05. The van der Waals surface area contributed by atoms with E-state index in [4.69, 9.17) is 0 Å². The molecule has 2 aliphatic rings. The number of piperidine rings is 1. The van der Waals surface area contributed by atoms with Gasteiger partial charge in [0.25, 0.3) is 5.91 Å². The van der Waals surface area contributed by atoms with Crippen molar-refractivity contribution < 1.29 is 18.0 Å². The number of likely N-dealkylation sites (tertiary alicyclic amines) is 1. The van der Waals surface area contributed by atoms with Crippen LogP contribution in [-0.2, 0) is 6.18 Å². The fourth-order valence-corrected chi connectivity index (χ4v) is 5.71. The van der Waals surface area contributed by atoms with Crippen LogP contribution in [0, 0.1) is 5.41 Å². The number of carbonyl (C=O) groups excluding carboxylic acids is 1. The lowest BCUT2D eigenvalue weighted by molar-refractivity contribution is -0.189. The number of rotatable bonds is 6. The molecule has 1 amide bonds. The van der Waals surface area contributed by atoms with Crippen molar-refractivity contribution in [2.24, 2.45) is 5.41 Å². The highest BCUT2D eigenvalue weighted by Crippen LogP contribution is 2.61. The summed E-state index contributed by atoms with van der Waals surface area (Å²) in [6.45, 7) is 4.19. The molecule has 178 valence electrons. The Balaban J connectivity index is 1.41. The van der Waals surface area contributed by atoms with Gasteiger partial charge < -0.3 is 10.2 Å². The summed E-state index contributed by atoms with van der Waals surface area (Å²) in [7, 11) is 0. The predicted octanol–water partition coefficient (Wildman–Crippen LogP) is 3.96. The van der Waals surface area contributed by atoms with Gasteiger partial charge in [-0.25, -0.2) is 9.97 Å². The third kappa shape index (κ3) is 3.33. The van der Waals surface area contributed by atoms with E-state index in [-0.39, 0.29) is 35.3 Å². The van der Waals surface area contributed by atoms with Crippen LogP contribution < -0.4 is 5.32 Å². The maximum atomic E-state index is 13.8. The lowest BCUT2D eigenvalue weighted by atomic mass is 9.48. The molecule has 34 heavy (non-hydrogen) atoms. The molecular formula is C23H24F3N7O. The van der Waals surface area contributed by atoms with Crippen molar-refractivity contribution in [1.82, 2.24) is 29.9 Å². The molecule has 1 aliphatic carbocycles. The summed E-state index contributed by atoms with van der Waals surface area (Å²) in [4.78, 5) is 24.5. The molecule has 4 atom stereocenters. The molecule has 11 heteroatoms. The Labute approximate surface area is 194 Å². The largest absolute Gasteiger partial charge is 0.434 e. The van der Waals surface area contributed by atoms with Gasteiger partial charge in [0, 0.05) is 17.5 Å². The SMILES string of the molecule is CCC1N(C(=O)c2ccccc2-n2nccn2)C2C(Nc3cnc(C(F)(F)F)cn3)CC12CC. The van der Waals surface area contributed by atoms with E-state index in [1.165, 1.54) is 4.80 Å². The van der Waals surface area contributed by atoms with Gasteiger partial charge in [0.05, 0.1) is 42.1 Å². The maximum absolute atomic E-state index is 13.8. The number of amides is 1. The van der Waals surface area contributed by atoms with Crippen molar-refractivity contribution >= 4 is 11.7 Å². The highest BCUT2D eigenvalue weighted by molar-refractivity contribution is 5.99. The second kappa shape index (κ2) is 8.07. The zero-order valence-corrected chi connectivity index (χ0v) is 18.7. The molecule has 0 spiro atoms. The average Bonchev–Trinajstić information content (AvgIpc) is 3.35. The summed E-state index contributed by atoms with van der Waals surface area (Å²) >= 11 is 0.